The van der Waals surface area contributed by atoms with Gasteiger partial charge in [0.2, 0.25) is 0 Å². The highest BCUT2D eigenvalue weighted by Gasteiger charge is 2.08. The van der Waals surface area contributed by atoms with E-state index in [2.05, 4.69) is 31.2 Å². The second-order valence-electron chi connectivity index (χ2n) is 3.40. The van der Waals surface area contributed by atoms with Gasteiger partial charge in [-0.05, 0) is 19.2 Å². The summed E-state index contributed by atoms with van der Waals surface area (Å²) in [5, 5.41) is 3.55. The lowest BCUT2D eigenvalue weighted by atomic mass is 10.2. The Labute approximate surface area is 107 Å². The van der Waals surface area contributed by atoms with Crippen molar-refractivity contribution in [1.29, 1.82) is 0 Å². The van der Waals surface area contributed by atoms with E-state index in [1.54, 1.807) is 0 Å². The minimum Gasteiger partial charge on any atom is -0.339 e. The molecule has 2 aromatic rings. The van der Waals surface area contributed by atoms with Crippen LogP contribution in [0.3, 0.4) is 0 Å². The predicted molar refractivity (Wildman–Crippen MR) is 69.5 cm³/mol. The van der Waals surface area contributed by atoms with Crippen LogP contribution in [0.4, 0.5) is 0 Å². The van der Waals surface area contributed by atoms with E-state index in [9.17, 15) is 0 Å². The van der Waals surface area contributed by atoms with Gasteiger partial charge in [-0.15, -0.1) is 0 Å². The molecular formula is C11H11BrClN3. The summed E-state index contributed by atoms with van der Waals surface area (Å²) in [6.45, 7) is 0.680. The van der Waals surface area contributed by atoms with Crippen molar-refractivity contribution in [3.05, 3.63) is 39.6 Å². The summed E-state index contributed by atoms with van der Waals surface area (Å²) in [5.74, 6) is 0.788. The van der Waals surface area contributed by atoms with E-state index in [1.807, 2.05) is 31.3 Å². The Morgan fingerprint density at radius 3 is 3.00 bits per heavy atom. The molecule has 0 amide bonds. The number of H-pyrrole nitrogens is 1. The van der Waals surface area contributed by atoms with E-state index in [0.717, 1.165) is 21.6 Å². The molecule has 2 rings (SSSR count). The van der Waals surface area contributed by atoms with Gasteiger partial charge in [0.25, 0.3) is 0 Å². The molecule has 3 nitrogen and oxygen atoms in total. The van der Waals surface area contributed by atoms with Crippen LogP contribution in [-0.2, 0) is 6.54 Å². The molecule has 5 heteroatoms. The van der Waals surface area contributed by atoms with E-state index < -0.39 is 0 Å². The zero-order chi connectivity index (χ0) is 11.5. The number of halogens is 2. The van der Waals surface area contributed by atoms with Gasteiger partial charge in [0, 0.05) is 16.6 Å². The first kappa shape index (κ1) is 11.6. The fraction of sp³-hybridized carbons (Fsp3) is 0.182. The van der Waals surface area contributed by atoms with Crippen molar-refractivity contribution in [2.75, 3.05) is 7.05 Å². The van der Waals surface area contributed by atoms with Crippen molar-refractivity contribution in [1.82, 2.24) is 15.3 Å². The summed E-state index contributed by atoms with van der Waals surface area (Å²) < 4.78 is 1.02. The van der Waals surface area contributed by atoms with Gasteiger partial charge < -0.3 is 10.3 Å². The number of aromatic amines is 1. The van der Waals surface area contributed by atoms with Gasteiger partial charge in [-0.25, -0.2) is 4.98 Å². The van der Waals surface area contributed by atoms with Gasteiger partial charge >= 0.3 is 0 Å². The smallest absolute Gasteiger partial charge is 0.152 e. The van der Waals surface area contributed by atoms with Gasteiger partial charge in [0.1, 0.15) is 5.82 Å². The second-order valence-corrected chi connectivity index (χ2v) is 4.67. The van der Waals surface area contributed by atoms with Crippen molar-refractivity contribution >= 4 is 27.5 Å². The molecule has 0 aliphatic rings. The van der Waals surface area contributed by atoms with Gasteiger partial charge in [0.05, 0.1) is 5.69 Å². The lowest BCUT2D eigenvalue weighted by Gasteiger charge is -1.97. The minimum absolute atomic E-state index is 0.518. The van der Waals surface area contributed by atoms with Crippen molar-refractivity contribution in [3.8, 4) is 11.4 Å². The zero-order valence-electron chi connectivity index (χ0n) is 8.72. The Balaban J connectivity index is 2.37. The molecule has 1 heterocycles. The third kappa shape index (κ3) is 2.45. The Morgan fingerprint density at radius 1 is 1.50 bits per heavy atom. The first-order valence-electron chi connectivity index (χ1n) is 4.85. The topological polar surface area (TPSA) is 40.7 Å². The average Bonchev–Trinajstić information content (AvgIpc) is 2.61. The molecule has 0 fully saturated rings. The molecule has 0 aliphatic heterocycles. The average molecular weight is 301 g/mol. The number of imidazole rings is 1. The molecule has 1 aromatic carbocycles. The first-order chi connectivity index (χ1) is 7.70. The molecular weight excluding hydrogens is 289 g/mol. The normalized spacial score (nSPS) is 10.7. The number of hydrogen-bond donors (Lipinski definition) is 2. The zero-order valence-corrected chi connectivity index (χ0v) is 11.1. The van der Waals surface area contributed by atoms with Crippen molar-refractivity contribution in [2.24, 2.45) is 0 Å². The predicted octanol–water partition coefficient (Wildman–Crippen LogP) is 3.21. The minimum atomic E-state index is 0.518. The summed E-state index contributed by atoms with van der Waals surface area (Å²) in [5.41, 5.74) is 1.91. The number of nitrogens with one attached hydrogen (secondary N) is 2. The number of nitrogens with zero attached hydrogens (tertiary/aromatic N) is 1. The summed E-state index contributed by atoms with van der Waals surface area (Å²) in [6.07, 6.45) is 0. The maximum atomic E-state index is 6.02. The summed E-state index contributed by atoms with van der Waals surface area (Å²) in [4.78, 5) is 7.49. The van der Waals surface area contributed by atoms with E-state index in [1.165, 1.54) is 0 Å². The van der Waals surface area contributed by atoms with Crippen molar-refractivity contribution in [3.63, 3.8) is 0 Å². The monoisotopic (exact) mass is 299 g/mol. The van der Waals surface area contributed by atoms with E-state index >= 15 is 0 Å². The lowest BCUT2D eigenvalue weighted by molar-refractivity contribution is 0.798. The van der Waals surface area contributed by atoms with E-state index in [-0.39, 0.29) is 0 Å². The van der Waals surface area contributed by atoms with Crippen molar-refractivity contribution < 1.29 is 0 Å². The molecule has 0 saturated heterocycles. The third-order valence-corrected chi connectivity index (χ3v) is 2.99. The number of aromatic nitrogens is 2. The quantitative estimate of drug-likeness (QED) is 0.914. The fourth-order valence-corrected chi connectivity index (χ4v) is 2.05. The Morgan fingerprint density at radius 2 is 2.31 bits per heavy atom. The second kappa shape index (κ2) is 4.99. The molecule has 0 unspecified atom stereocenters. The van der Waals surface area contributed by atoms with Gasteiger partial charge in [0.15, 0.2) is 5.15 Å². The molecule has 0 saturated carbocycles. The van der Waals surface area contributed by atoms with E-state index in [0.29, 0.717) is 11.7 Å². The maximum Gasteiger partial charge on any atom is 0.152 e. The highest BCUT2D eigenvalue weighted by atomic mass is 79.9. The molecule has 1 aromatic heterocycles. The largest absolute Gasteiger partial charge is 0.339 e. The molecule has 0 bridgehead atoms. The van der Waals surface area contributed by atoms with Crippen LogP contribution >= 0.6 is 27.5 Å². The van der Waals surface area contributed by atoms with Crippen LogP contribution < -0.4 is 5.32 Å². The van der Waals surface area contributed by atoms with E-state index in [4.69, 9.17) is 11.6 Å². The van der Waals surface area contributed by atoms with Gasteiger partial charge in [-0.1, -0.05) is 39.7 Å². The van der Waals surface area contributed by atoms with Gasteiger partial charge in [-0.3, -0.25) is 0 Å². The van der Waals surface area contributed by atoms with Crippen LogP contribution in [0.2, 0.25) is 5.15 Å². The molecule has 2 N–H and O–H groups in total. The Hall–Kier alpha value is -0.840. The molecule has 0 aliphatic carbocycles. The highest BCUT2D eigenvalue weighted by molar-refractivity contribution is 9.10. The van der Waals surface area contributed by atoms with Crippen molar-refractivity contribution in [2.45, 2.75) is 6.54 Å². The van der Waals surface area contributed by atoms with Crippen LogP contribution in [0.1, 0.15) is 5.69 Å². The number of benzene rings is 1. The molecule has 0 radical (unpaired) electrons. The Kier molecular flexibility index (Phi) is 3.63. The maximum absolute atomic E-state index is 6.02. The van der Waals surface area contributed by atoms with Crippen LogP contribution in [0, 0.1) is 0 Å². The van der Waals surface area contributed by atoms with Crippen LogP contribution in [0.25, 0.3) is 11.4 Å². The SMILES string of the molecule is CNCc1[nH]c(-c2cccc(Br)c2)nc1Cl. The van der Waals surface area contributed by atoms with Crippen LogP contribution in [0.5, 0.6) is 0 Å². The van der Waals surface area contributed by atoms with Crippen LogP contribution in [-0.4, -0.2) is 17.0 Å². The molecule has 16 heavy (non-hydrogen) atoms. The van der Waals surface area contributed by atoms with Crippen LogP contribution in [0.15, 0.2) is 28.7 Å². The highest BCUT2D eigenvalue weighted by Crippen LogP contribution is 2.23. The number of hydrogen-bond acceptors (Lipinski definition) is 2. The molecule has 0 atom stereocenters. The number of rotatable bonds is 3. The third-order valence-electron chi connectivity index (χ3n) is 2.18. The first-order valence-corrected chi connectivity index (χ1v) is 6.02. The summed E-state index contributed by atoms with van der Waals surface area (Å²) in [6, 6.07) is 7.93. The lowest BCUT2D eigenvalue weighted by Crippen LogP contribution is -2.05. The summed E-state index contributed by atoms with van der Waals surface area (Å²) in [7, 11) is 1.87. The standard InChI is InChI=1S/C11H11BrClN3/c1-14-6-9-10(13)16-11(15-9)7-3-2-4-8(12)5-7/h2-5,14H,6H2,1H3,(H,15,16). The molecule has 84 valence electrons. The summed E-state index contributed by atoms with van der Waals surface area (Å²) >= 11 is 9.45. The Bertz CT molecular complexity index is 496. The van der Waals surface area contributed by atoms with Gasteiger partial charge in [-0.2, -0.15) is 0 Å². The molecule has 0 spiro atoms. The fourth-order valence-electron chi connectivity index (χ4n) is 1.45.